The average molecular weight is 383 g/mol. The summed E-state index contributed by atoms with van der Waals surface area (Å²) in [5.74, 6) is 1.12. The molecule has 0 atom stereocenters. The average Bonchev–Trinajstić information content (AvgIpc) is 3.08. The van der Waals surface area contributed by atoms with Crippen molar-refractivity contribution in [1.82, 2.24) is 24.6 Å². The molecular formula is C21H30N6O. The van der Waals surface area contributed by atoms with E-state index in [1.165, 1.54) is 24.8 Å². The van der Waals surface area contributed by atoms with Gasteiger partial charge < -0.3 is 4.90 Å². The van der Waals surface area contributed by atoms with Crippen molar-refractivity contribution in [3.05, 3.63) is 46.1 Å². The third kappa shape index (κ3) is 4.19. The van der Waals surface area contributed by atoms with Crippen LogP contribution >= 0.6 is 0 Å². The molecule has 2 saturated heterocycles. The SMILES string of the molecule is C=Cn1cc(CN2CCC(c3cc(=O)[nH]c(N4CCCCC4)n3)CC2)c(C)n1. The summed E-state index contributed by atoms with van der Waals surface area (Å²) in [6, 6.07) is 1.70. The lowest BCUT2D eigenvalue weighted by molar-refractivity contribution is 0.203. The van der Waals surface area contributed by atoms with Crippen LogP contribution in [0.15, 0.2) is 23.6 Å². The third-order valence-corrected chi connectivity index (χ3v) is 6.01. The highest BCUT2D eigenvalue weighted by Gasteiger charge is 2.24. The molecule has 0 aliphatic carbocycles. The molecule has 2 fully saturated rings. The van der Waals surface area contributed by atoms with Gasteiger partial charge in [-0.15, -0.1) is 0 Å². The van der Waals surface area contributed by atoms with Crippen LogP contribution in [0.2, 0.25) is 0 Å². The number of H-pyrrole nitrogens is 1. The summed E-state index contributed by atoms with van der Waals surface area (Å²) in [6.45, 7) is 10.7. The second kappa shape index (κ2) is 8.31. The van der Waals surface area contributed by atoms with Crippen LogP contribution in [0.5, 0.6) is 0 Å². The van der Waals surface area contributed by atoms with Crippen molar-refractivity contribution in [3.63, 3.8) is 0 Å². The molecule has 0 radical (unpaired) electrons. The second-order valence-electron chi connectivity index (χ2n) is 7.99. The zero-order chi connectivity index (χ0) is 19.5. The standard InChI is InChI=1S/C21H30N6O/c1-3-27-15-18(16(2)24-27)14-25-11-7-17(8-12-25)19-13-20(28)23-21(22-19)26-9-5-4-6-10-26/h3,13,15,17H,1,4-12,14H2,2H3,(H,22,23,28). The number of aromatic amines is 1. The number of aromatic nitrogens is 4. The van der Waals surface area contributed by atoms with Crippen LogP contribution in [-0.4, -0.2) is 50.8 Å². The van der Waals surface area contributed by atoms with Gasteiger partial charge >= 0.3 is 0 Å². The molecule has 2 aliphatic heterocycles. The van der Waals surface area contributed by atoms with Crippen LogP contribution in [-0.2, 0) is 6.54 Å². The van der Waals surface area contributed by atoms with Crippen molar-refractivity contribution in [2.45, 2.75) is 51.5 Å². The molecular weight excluding hydrogens is 352 g/mol. The van der Waals surface area contributed by atoms with Crippen LogP contribution in [0.25, 0.3) is 6.20 Å². The highest BCUT2D eigenvalue weighted by Crippen LogP contribution is 2.28. The van der Waals surface area contributed by atoms with Gasteiger partial charge in [0.05, 0.1) is 11.4 Å². The van der Waals surface area contributed by atoms with E-state index in [1.807, 2.05) is 6.92 Å². The zero-order valence-electron chi connectivity index (χ0n) is 16.7. The first-order valence-electron chi connectivity index (χ1n) is 10.4. The maximum atomic E-state index is 12.2. The number of hydrogen-bond acceptors (Lipinski definition) is 5. The molecule has 2 aliphatic rings. The lowest BCUT2D eigenvalue weighted by Gasteiger charge is -2.32. The van der Waals surface area contributed by atoms with Gasteiger partial charge in [0.15, 0.2) is 0 Å². The summed E-state index contributed by atoms with van der Waals surface area (Å²) in [5.41, 5.74) is 3.24. The number of hydrogen-bond donors (Lipinski definition) is 1. The van der Waals surface area contributed by atoms with E-state index in [1.54, 1.807) is 16.9 Å². The minimum atomic E-state index is -0.0273. The van der Waals surface area contributed by atoms with Crippen molar-refractivity contribution in [2.24, 2.45) is 0 Å². The second-order valence-corrected chi connectivity index (χ2v) is 7.99. The Morgan fingerprint density at radius 2 is 1.96 bits per heavy atom. The zero-order valence-corrected chi connectivity index (χ0v) is 16.7. The van der Waals surface area contributed by atoms with Crippen LogP contribution in [0.4, 0.5) is 5.95 Å². The van der Waals surface area contributed by atoms with Gasteiger partial charge in [0.2, 0.25) is 5.95 Å². The van der Waals surface area contributed by atoms with E-state index in [0.717, 1.165) is 62.9 Å². The molecule has 0 unspecified atom stereocenters. The van der Waals surface area contributed by atoms with E-state index < -0.39 is 0 Å². The van der Waals surface area contributed by atoms with Gasteiger partial charge in [0.25, 0.3) is 5.56 Å². The lowest BCUT2D eigenvalue weighted by atomic mass is 9.93. The number of anilines is 1. The molecule has 0 aromatic carbocycles. The smallest absolute Gasteiger partial charge is 0.252 e. The third-order valence-electron chi connectivity index (χ3n) is 6.01. The molecule has 4 rings (SSSR count). The summed E-state index contributed by atoms with van der Waals surface area (Å²) in [6.07, 6.45) is 9.46. The van der Waals surface area contributed by atoms with E-state index in [-0.39, 0.29) is 5.56 Å². The molecule has 7 heteroatoms. The van der Waals surface area contributed by atoms with Gasteiger partial charge in [-0.3, -0.25) is 14.7 Å². The number of piperidine rings is 2. The highest BCUT2D eigenvalue weighted by atomic mass is 16.1. The fourth-order valence-electron chi connectivity index (χ4n) is 4.32. The first kappa shape index (κ1) is 18.9. The summed E-state index contributed by atoms with van der Waals surface area (Å²) in [5, 5.41) is 4.44. The number of aryl methyl sites for hydroxylation is 1. The van der Waals surface area contributed by atoms with Gasteiger partial charge in [-0.25, -0.2) is 9.67 Å². The molecule has 4 heterocycles. The maximum absolute atomic E-state index is 12.2. The van der Waals surface area contributed by atoms with Crippen molar-refractivity contribution in [3.8, 4) is 0 Å². The maximum Gasteiger partial charge on any atom is 0.252 e. The predicted molar refractivity (Wildman–Crippen MR) is 112 cm³/mol. The minimum Gasteiger partial charge on any atom is -0.342 e. The lowest BCUT2D eigenvalue weighted by Crippen LogP contribution is -2.35. The molecule has 0 saturated carbocycles. The molecule has 7 nitrogen and oxygen atoms in total. The topological polar surface area (TPSA) is 70.1 Å². The van der Waals surface area contributed by atoms with Crippen molar-refractivity contribution < 1.29 is 0 Å². The fraction of sp³-hybridized carbons (Fsp3) is 0.571. The van der Waals surface area contributed by atoms with Gasteiger partial charge in [-0.2, -0.15) is 5.10 Å². The van der Waals surface area contributed by atoms with Gasteiger partial charge in [-0.1, -0.05) is 6.58 Å². The van der Waals surface area contributed by atoms with Crippen molar-refractivity contribution in [2.75, 3.05) is 31.1 Å². The Balaban J connectivity index is 1.40. The molecule has 150 valence electrons. The monoisotopic (exact) mass is 382 g/mol. The van der Waals surface area contributed by atoms with Gasteiger partial charge in [0, 0.05) is 49.6 Å². The van der Waals surface area contributed by atoms with Gasteiger partial charge in [-0.05, 0) is 52.1 Å². The largest absolute Gasteiger partial charge is 0.342 e. The van der Waals surface area contributed by atoms with Crippen molar-refractivity contribution >= 4 is 12.1 Å². The predicted octanol–water partition coefficient (Wildman–Crippen LogP) is 2.75. The Morgan fingerprint density at radius 1 is 1.21 bits per heavy atom. The van der Waals surface area contributed by atoms with E-state index >= 15 is 0 Å². The van der Waals surface area contributed by atoms with E-state index in [0.29, 0.717) is 5.92 Å². The highest BCUT2D eigenvalue weighted by molar-refractivity contribution is 5.31. The molecule has 2 aromatic rings. The molecule has 0 bridgehead atoms. The number of nitrogens with one attached hydrogen (secondary N) is 1. The van der Waals surface area contributed by atoms with Crippen LogP contribution in [0.3, 0.4) is 0 Å². The van der Waals surface area contributed by atoms with E-state index in [9.17, 15) is 4.79 Å². The summed E-state index contributed by atoms with van der Waals surface area (Å²) in [7, 11) is 0. The Bertz CT molecular complexity index is 871. The minimum absolute atomic E-state index is 0.0273. The Kier molecular flexibility index (Phi) is 5.62. The number of likely N-dealkylation sites (tertiary alicyclic amines) is 1. The van der Waals surface area contributed by atoms with Crippen LogP contribution < -0.4 is 10.5 Å². The Morgan fingerprint density at radius 3 is 2.64 bits per heavy atom. The molecule has 2 aromatic heterocycles. The molecule has 0 spiro atoms. The summed E-state index contributed by atoms with van der Waals surface area (Å²) >= 11 is 0. The van der Waals surface area contributed by atoms with Crippen LogP contribution in [0, 0.1) is 6.92 Å². The number of nitrogens with zero attached hydrogens (tertiary/aromatic N) is 5. The van der Waals surface area contributed by atoms with Crippen molar-refractivity contribution in [1.29, 1.82) is 0 Å². The fourth-order valence-corrected chi connectivity index (χ4v) is 4.32. The van der Waals surface area contributed by atoms with E-state index in [2.05, 4.69) is 32.7 Å². The first-order chi connectivity index (χ1) is 13.6. The Hall–Kier alpha value is -2.41. The summed E-state index contributed by atoms with van der Waals surface area (Å²) in [4.78, 5) is 24.7. The van der Waals surface area contributed by atoms with Gasteiger partial charge in [0.1, 0.15) is 0 Å². The normalized spacial score (nSPS) is 19.1. The number of rotatable bonds is 5. The first-order valence-corrected chi connectivity index (χ1v) is 10.4. The Labute approximate surface area is 166 Å². The molecule has 0 amide bonds. The van der Waals surface area contributed by atoms with Crippen LogP contribution in [0.1, 0.15) is 55.0 Å². The van der Waals surface area contributed by atoms with E-state index in [4.69, 9.17) is 4.98 Å². The molecule has 28 heavy (non-hydrogen) atoms. The quantitative estimate of drug-likeness (QED) is 0.861. The summed E-state index contributed by atoms with van der Waals surface area (Å²) < 4.78 is 1.78. The molecule has 1 N–H and O–H groups in total.